The van der Waals surface area contributed by atoms with E-state index in [0.717, 1.165) is 22.5 Å². The fourth-order valence-electron chi connectivity index (χ4n) is 2.38. The van der Waals surface area contributed by atoms with E-state index in [-0.39, 0.29) is 12.6 Å². The first kappa shape index (κ1) is 14.3. The van der Waals surface area contributed by atoms with Gasteiger partial charge in [0.1, 0.15) is 0 Å². The van der Waals surface area contributed by atoms with E-state index < -0.39 is 0 Å². The van der Waals surface area contributed by atoms with Crippen molar-refractivity contribution in [1.29, 1.82) is 0 Å². The van der Waals surface area contributed by atoms with Gasteiger partial charge in [-0.2, -0.15) is 0 Å². The fraction of sp³-hybridized carbons (Fsp3) is 0.176. The summed E-state index contributed by atoms with van der Waals surface area (Å²) in [4.78, 5) is 0. The monoisotopic (exact) mass is 294 g/mol. The molecule has 2 aromatic carbocycles. The molecule has 3 aromatic rings. The molecular formula is C17H18N4O. The first-order valence-corrected chi connectivity index (χ1v) is 7.19. The molecule has 0 saturated carbocycles. The molecule has 22 heavy (non-hydrogen) atoms. The normalized spacial score (nSPS) is 12.1. The first-order chi connectivity index (χ1) is 10.8. The smallest absolute Gasteiger partial charge is 0.0697 e. The Morgan fingerprint density at radius 3 is 2.82 bits per heavy atom. The highest BCUT2D eigenvalue weighted by Gasteiger charge is 2.07. The van der Waals surface area contributed by atoms with Crippen LogP contribution in [0.25, 0.3) is 5.69 Å². The van der Waals surface area contributed by atoms with Crippen LogP contribution in [0, 0.1) is 0 Å². The van der Waals surface area contributed by atoms with Crippen molar-refractivity contribution in [3.8, 4) is 5.69 Å². The van der Waals surface area contributed by atoms with Gasteiger partial charge < -0.3 is 10.4 Å². The first-order valence-electron chi connectivity index (χ1n) is 7.19. The number of nitrogens with zero attached hydrogens (tertiary/aromatic N) is 3. The van der Waals surface area contributed by atoms with Crippen LogP contribution in [0.4, 0.5) is 5.69 Å². The SMILES string of the molecule is CC(Nc1cccc(-n2ccnn2)c1)c1cccc(CO)c1. The molecule has 1 unspecified atom stereocenters. The number of hydrogen-bond donors (Lipinski definition) is 2. The third kappa shape index (κ3) is 3.15. The van der Waals surface area contributed by atoms with E-state index in [0.29, 0.717) is 0 Å². The Balaban J connectivity index is 1.79. The quantitative estimate of drug-likeness (QED) is 0.759. The molecular weight excluding hydrogens is 276 g/mol. The van der Waals surface area contributed by atoms with Gasteiger partial charge in [0.25, 0.3) is 0 Å². The molecule has 1 heterocycles. The van der Waals surface area contributed by atoms with Crippen LogP contribution in [0.3, 0.4) is 0 Å². The lowest BCUT2D eigenvalue weighted by Crippen LogP contribution is -2.07. The highest BCUT2D eigenvalue weighted by atomic mass is 16.3. The molecule has 5 nitrogen and oxygen atoms in total. The maximum Gasteiger partial charge on any atom is 0.0697 e. The highest BCUT2D eigenvalue weighted by Crippen LogP contribution is 2.21. The van der Waals surface area contributed by atoms with Crippen LogP contribution in [0.1, 0.15) is 24.1 Å². The van der Waals surface area contributed by atoms with Crippen LogP contribution in [-0.4, -0.2) is 20.1 Å². The summed E-state index contributed by atoms with van der Waals surface area (Å²) in [5, 5.41) is 20.5. The molecule has 2 N–H and O–H groups in total. The van der Waals surface area contributed by atoms with Crippen LogP contribution in [0.5, 0.6) is 0 Å². The van der Waals surface area contributed by atoms with E-state index in [4.69, 9.17) is 0 Å². The number of aliphatic hydroxyl groups excluding tert-OH is 1. The average molecular weight is 294 g/mol. The zero-order chi connectivity index (χ0) is 15.4. The Labute approximate surface area is 129 Å². The van der Waals surface area contributed by atoms with Gasteiger partial charge in [0.2, 0.25) is 0 Å². The summed E-state index contributed by atoms with van der Waals surface area (Å²) in [6, 6.07) is 16.1. The van der Waals surface area contributed by atoms with E-state index in [2.05, 4.69) is 28.6 Å². The molecule has 5 heteroatoms. The van der Waals surface area contributed by atoms with Gasteiger partial charge in [-0.3, -0.25) is 0 Å². The minimum atomic E-state index is 0.0579. The predicted octanol–water partition coefficient (Wildman–Crippen LogP) is 2.93. The number of aliphatic hydroxyl groups is 1. The maximum absolute atomic E-state index is 9.24. The number of anilines is 1. The van der Waals surface area contributed by atoms with Crippen LogP contribution < -0.4 is 5.32 Å². The van der Waals surface area contributed by atoms with Gasteiger partial charge in [0.05, 0.1) is 24.7 Å². The van der Waals surface area contributed by atoms with E-state index in [1.165, 1.54) is 0 Å². The topological polar surface area (TPSA) is 63.0 Å². The number of rotatable bonds is 5. The fourth-order valence-corrected chi connectivity index (χ4v) is 2.38. The molecule has 0 amide bonds. The molecule has 0 fully saturated rings. The van der Waals surface area contributed by atoms with Gasteiger partial charge in [-0.05, 0) is 36.2 Å². The lowest BCUT2D eigenvalue weighted by atomic mass is 10.1. The molecule has 1 atom stereocenters. The zero-order valence-electron chi connectivity index (χ0n) is 12.3. The van der Waals surface area contributed by atoms with Gasteiger partial charge in [-0.25, -0.2) is 4.68 Å². The molecule has 0 aliphatic rings. The van der Waals surface area contributed by atoms with Gasteiger partial charge >= 0.3 is 0 Å². The van der Waals surface area contributed by atoms with Crippen molar-refractivity contribution in [2.75, 3.05) is 5.32 Å². The van der Waals surface area contributed by atoms with Gasteiger partial charge in [-0.1, -0.05) is 35.5 Å². The van der Waals surface area contributed by atoms with E-state index >= 15 is 0 Å². The zero-order valence-corrected chi connectivity index (χ0v) is 12.3. The average Bonchev–Trinajstić information content (AvgIpc) is 3.10. The van der Waals surface area contributed by atoms with Crippen molar-refractivity contribution < 1.29 is 5.11 Å². The second-order valence-electron chi connectivity index (χ2n) is 5.17. The molecule has 0 aliphatic carbocycles. The minimum absolute atomic E-state index is 0.0579. The largest absolute Gasteiger partial charge is 0.392 e. The standard InChI is InChI=1S/C17H18N4O/c1-13(15-5-2-4-14(10-15)12-22)19-16-6-3-7-17(11-16)21-9-8-18-20-21/h2-11,13,19,22H,12H2,1H3. The third-order valence-corrected chi connectivity index (χ3v) is 3.55. The van der Waals surface area contributed by atoms with E-state index in [9.17, 15) is 5.11 Å². The van der Waals surface area contributed by atoms with Crippen LogP contribution in [-0.2, 0) is 6.61 Å². The molecule has 3 rings (SSSR count). The molecule has 1 aromatic heterocycles. The second kappa shape index (κ2) is 6.41. The summed E-state index contributed by atoms with van der Waals surface area (Å²) in [5.74, 6) is 0. The summed E-state index contributed by atoms with van der Waals surface area (Å²) in [5.41, 5.74) is 4.02. The van der Waals surface area contributed by atoms with Gasteiger partial charge in [-0.15, -0.1) is 5.10 Å². The van der Waals surface area contributed by atoms with Crippen LogP contribution >= 0.6 is 0 Å². The summed E-state index contributed by atoms with van der Waals surface area (Å²) < 4.78 is 1.72. The van der Waals surface area contributed by atoms with E-state index in [1.54, 1.807) is 10.9 Å². The molecule has 112 valence electrons. The molecule has 0 spiro atoms. The predicted molar refractivity (Wildman–Crippen MR) is 85.8 cm³/mol. The second-order valence-corrected chi connectivity index (χ2v) is 5.17. The highest BCUT2D eigenvalue weighted by molar-refractivity contribution is 5.52. The summed E-state index contributed by atoms with van der Waals surface area (Å²) in [6.07, 6.45) is 3.47. The molecule has 0 aliphatic heterocycles. The Morgan fingerprint density at radius 1 is 1.18 bits per heavy atom. The van der Waals surface area contributed by atoms with Crippen molar-refractivity contribution in [1.82, 2.24) is 15.0 Å². The van der Waals surface area contributed by atoms with Crippen LogP contribution in [0.2, 0.25) is 0 Å². The number of aromatic nitrogens is 3. The number of hydrogen-bond acceptors (Lipinski definition) is 4. The Morgan fingerprint density at radius 2 is 2.05 bits per heavy atom. The Kier molecular flexibility index (Phi) is 4.16. The lowest BCUT2D eigenvalue weighted by Gasteiger charge is -2.17. The lowest BCUT2D eigenvalue weighted by molar-refractivity contribution is 0.281. The Bertz CT molecular complexity index is 740. The molecule has 0 saturated heterocycles. The Hall–Kier alpha value is -2.66. The summed E-state index contributed by atoms with van der Waals surface area (Å²) >= 11 is 0. The summed E-state index contributed by atoms with van der Waals surface area (Å²) in [6.45, 7) is 2.15. The van der Waals surface area contributed by atoms with Crippen molar-refractivity contribution in [3.05, 3.63) is 72.1 Å². The summed E-state index contributed by atoms with van der Waals surface area (Å²) in [7, 11) is 0. The van der Waals surface area contributed by atoms with Crippen LogP contribution in [0.15, 0.2) is 60.9 Å². The van der Waals surface area contributed by atoms with Crippen molar-refractivity contribution >= 4 is 5.69 Å². The van der Waals surface area contributed by atoms with Gasteiger partial charge in [0.15, 0.2) is 0 Å². The molecule has 0 bridgehead atoms. The number of nitrogens with one attached hydrogen (secondary N) is 1. The minimum Gasteiger partial charge on any atom is -0.392 e. The van der Waals surface area contributed by atoms with Crippen molar-refractivity contribution in [2.24, 2.45) is 0 Å². The molecule has 0 radical (unpaired) electrons. The number of benzene rings is 2. The van der Waals surface area contributed by atoms with E-state index in [1.807, 2.05) is 48.7 Å². The third-order valence-electron chi connectivity index (χ3n) is 3.55. The van der Waals surface area contributed by atoms with Gasteiger partial charge in [0, 0.05) is 11.7 Å². The van der Waals surface area contributed by atoms with Crippen molar-refractivity contribution in [3.63, 3.8) is 0 Å². The van der Waals surface area contributed by atoms with Crippen molar-refractivity contribution in [2.45, 2.75) is 19.6 Å². The maximum atomic E-state index is 9.24.